The number of carbonyl (C=O) groups excluding carboxylic acids is 1. The Bertz CT molecular complexity index is 768. The second-order valence-corrected chi connectivity index (χ2v) is 5.47. The lowest BCUT2D eigenvalue weighted by atomic mass is 9.98. The quantitative estimate of drug-likeness (QED) is 0.751. The normalized spacial score (nSPS) is 14.9. The molecule has 1 heterocycles. The number of anilines is 1. The third kappa shape index (κ3) is 3.21. The number of amides is 1. The minimum absolute atomic E-state index is 0.0583. The summed E-state index contributed by atoms with van der Waals surface area (Å²) in [5.41, 5.74) is 1.31. The van der Waals surface area contributed by atoms with Gasteiger partial charge in [0.15, 0.2) is 0 Å². The van der Waals surface area contributed by atoms with E-state index < -0.39 is 17.6 Å². The molecule has 2 aromatic carbocycles. The van der Waals surface area contributed by atoms with Crippen LogP contribution in [0, 0.1) is 5.82 Å². The molecular weight excluding hydrogens is 310 g/mol. The Morgan fingerprint density at radius 3 is 2.35 bits per heavy atom. The van der Waals surface area contributed by atoms with E-state index in [4.69, 9.17) is 0 Å². The van der Waals surface area contributed by atoms with Crippen molar-refractivity contribution in [2.45, 2.75) is 25.4 Å². The zero-order valence-corrected chi connectivity index (χ0v) is 12.0. The van der Waals surface area contributed by atoms with Crippen LogP contribution >= 0.6 is 0 Å². The van der Waals surface area contributed by atoms with Crippen molar-refractivity contribution in [1.82, 2.24) is 0 Å². The number of alkyl halides is 3. The number of carbonyl (C=O) groups is 1. The molecule has 120 valence electrons. The highest BCUT2D eigenvalue weighted by molar-refractivity contribution is 5.92. The molecule has 1 aliphatic heterocycles. The molecule has 1 amide bonds. The molecule has 0 atom stereocenters. The monoisotopic (exact) mass is 323 g/mol. The summed E-state index contributed by atoms with van der Waals surface area (Å²) in [6.07, 6.45) is -2.89. The van der Waals surface area contributed by atoms with E-state index in [0.717, 1.165) is 17.7 Å². The van der Waals surface area contributed by atoms with Gasteiger partial charge in [0, 0.05) is 12.1 Å². The van der Waals surface area contributed by atoms with Gasteiger partial charge in [-0.05, 0) is 53.8 Å². The predicted octanol–water partition coefficient (Wildman–Crippen LogP) is 4.79. The third-order valence-corrected chi connectivity index (χ3v) is 3.84. The van der Waals surface area contributed by atoms with Gasteiger partial charge in [0.2, 0.25) is 5.91 Å². The van der Waals surface area contributed by atoms with E-state index in [1.54, 1.807) is 18.2 Å². The van der Waals surface area contributed by atoms with Crippen LogP contribution in [0.25, 0.3) is 11.1 Å². The Morgan fingerprint density at radius 2 is 1.65 bits per heavy atom. The number of halogens is 4. The third-order valence-electron chi connectivity index (χ3n) is 3.84. The average Bonchev–Trinajstić information content (AvgIpc) is 2.65. The Labute approximate surface area is 130 Å². The van der Waals surface area contributed by atoms with E-state index in [9.17, 15) is 22.4 Å². The largest absolute Gasteiger partial charge is 0.419 e. The number of nitrogens with one attached hydrogen (secondary N) is 1. The van der Waals surface area contributed by atoms with E-state index in [-0.39, 0.29) is 5.91 Å². The number of hydrogen-bond acceptors (Lipinski definition) is 1. The van der Waals surface area contributed by atoms with Gasteiger partial charge in [0.25, 0.3) is 0 Å². The van der Waals surface area contributed by atoms with Crippen LogP contribution in [0.4, 0.5) is 23.2 Å². The molecule has 2 aromatic rings. The van der Waals surface area contributed by atoms with Crippen LogP contribution < -0.4 is 5.32 Å². The first-order valence-corrected chi connectivity index (χ1v) is 7.14. The summed E-state index contributed by atoms with van der Waals surface area (Å²) in [5, 5.41) is 2.78. The first-order chi connectivity index (χ1) is 10.8. The molecule has 0 bridgehead atoms. The number of aryl methyl sites for hydroxylation is 1. The van der Waals surface area contributed by atoms with Gasteiger partial charge in [-0.1, -0.05) is 12.1 Å². The van der Waals surface area contributed by atoms with Crippen molar-refractivity contribution in [1.29, 1.82) is 0 Å². The van der Waals surface area contributed by atoms with Crippen molar-refractivity contribution in [3.05, 3.63) is 53.3 Å². The molecule has 0 aliphatic carbocycles. The highest BCUT2D eigenvalue weighted by Crippen LogP contribution is 2.34. The highest BCUT2D eigenvalue weighted by Gasteiger charge is 2.33. The summed E-state index contributed by atoms with van der Waals surface area (Å²) >= 11 is 0. The lowest BCUT2D eigenvalue weighted by molar-refractivity contribution is -0.140. The SMILES string of the molecule is O=C1CCCc2cc(-c3ccc(C(F)(F)F)c(F)c3)ccc2N1. The molecule has 23 heavy (non-hydrogen) atoms. The topological polar surface area (TPSA) is 29.1 Å². The average molecular weight is 323 g/mol. The standard InChI is InChI=1S/C17H13F4NO/c18-14-9-11(4-6-13(14)17(19,20)21)10-5-7-15-12(8-10)2-1-3-16(23)22-15/h4-9H,1-3H2,(H,22,23). The maximum absolute atomic E-state index is 13.7. The molecule has 1 aliphatic rings. The minimum atomic E-state index is -4.71. The summed E-state index contributed by atoms with van der Waals surface area (Å²) in [4.78, 5) is 11.5. The molecule has 0 saturated carbocycles. The van der Waals surface area contributed by atoms with Crippen molar-refractivity contribution in [2.24, 2.45) is 0 Å². The second-order valence-electron chi connectivity index (χ2n) is 5.47. The zero-order valence-electron chi connectivity index (χ0n) is 12.0. The van der Waals surface area contributed by atoms with Crippen LogP contribution in [-0.4, -0.2) is 5.91 Å². The molecule has 0 radical (unpaired) electrons. The van der Waals surface area contributed by atoms with E-state index in [1.165, 1.54) is 6.07 Å². The zero-order chi connectivity index (χ0) is 16.6. The van der Waals surface area contributed by atoms with E-state index >= 15 is 0 Å². The molecule has 3 rings (SSSR count). The number of fused-ring (bicyclic) bond motifs is 1. The first kappa shape index (κ1) is 15.5. The summed E-state index contributed by atoms with van der Waals surface area (Å²) < 4.78 is 51.5. The summed E-state index contributed by atoms with van der Waals surface area (Å²) in [6.45, 7) is 0. The summed E-state index contributed by atoms with van der Waals surface area (Å²) in [5.74, 6) is -1.35. The van der Waals surface area contributed by atoms with Crippen LogP contribution in [0.5, 0.6) is 0 Å². The Hall–Kier alpha value is -2.37. The fourth-order valence-corrected chi connectivity index (χ4v) is 2.68. The van der Waals surface area contributed by atoms with Crippen LogP contribution in [0.3, 0.4) is 0 Å². The van der Waals surface area contributed by atoms with Gasteiger partial charge in [-0.3, -0.25) is 4.79 Å². The minimum Gasteiger partial charge on any atom is -0.326 e. The molecule has 2 nitrogen and oxygen atoms in total. The van der Waals surface area contributed by atoms with Gasteiger partial charge in [-0.15, -0.1) is 0 Å². The lowest BCUT2D eigenvalue weighted by Gasteiger charge is -2.12. The van der Waals surface area contributed by atoms with E-state index in [2.05, 4.69) is 5.32 Å². The molecule has 0 unspecified atom stereocenters. The Morgan fingerprint density at radius 1 is 0.957 bits per heavy atom. The molecule has 0 saturated heterocycles. The van der Waals surface area contributed by atoms with Crippen molar-refractivity contribution in [3.63, 3.8) is 0 Å². The molecular formula is C17H13F4NO. The van der Waals surface area contributed by atoms with Gasteiger partial charge in [0.05, 0.1) is 5.56 Å². The molecule has 6 heteroatoms. The molecule has 1 N–H and O–H groups in total. The fourth-order valence-electron chi connectivity index (χ4n) is 2.68. The van der Waals surface area contributed by atoms with Crippen LogP contribution in [0.2, 0.25) is 0 Å². The van der Waals surface area contributed by atoms with Crippen molar-refractivity contribution >= 4 is 11.6 Å². The Kier molecular flexibility index (Phi) is 3.83. The Balaban J connectivity index is 1.98. The highest BCUT2D eigenvalue weighted by atomic mass is 19.4. The van der Waals surface area contributed by atoms with Gasteiger partial charge < -0.3 is 5.32 Å². The summed E-state index contributed by atoms with van der Waals surface area (Å²) in [6, 6.07) is 8.03. The van der Waals surface area contributed by atoms with Gasteiger partial charge >= 0.3 is 6.18 Å². The molecule has 0 spiro atoms. The first-order valence-electron chi connectivity index (χ1n) is 7.14. The molecule has 0 fully saturated rings. The van der Waals surface area contributed by atoms with E-state index in [1.807, 2.05) is 0 Å². The predicted molar refractivity (Wildman–Crippen MR) is 78.4 cm³/mol. The van der Waals surface area contributed by atoms with Crippen LogP contribution in [0.15, 0.2) is 36.4 Å². The number of rotatable bonds is 1. The maximum Gasteiger partial charge on any atom is 0.419 e. The van der Waals surface area contributed by atoms with Crippen molar-refractivity contribution in [2.75, 3.05) is 5.32 Å². The summed E-state index contributed by atoms with van der Waals surface area (Å²) in [7, 11) is 0. The van der Waals surface area contributed by atoms with E-state index in [0.29, 0.717) is 36.1 Å². The van der Waals surface area contributed by atoms with Gasteiger partial charge in [-0.2, -0.15) is 13.2 Å². The number of hydrogen-bond donors (Lipinski definition) is 1. The van der Waals surface area contributed by atoms with Gasteiger partial charge in [-0.25, -0.2) is 4.39 Å². The maximum atomic E-state index is 13.7. The van der Waals surface area contributed by atoms with Crippen LogP contribution in [-0.2, 0) is 17.4 Å². The lowest BCUT2D eigenvalue weighted by Crippen LogP contribution is -2.09. The number of benzene rings is 2. The van der Waals surface area contributed by atoms with Crippen molar-refractivity contribution in [3.8, 4) is 11.1 Å². The second kappa shape index (κ2) is 5.68. The van der Waals surface area contributed by atoms with Gasteiger partial charge in [0.1, 0.15) is 5.82 Å². The smallest absolute Gasteiger partial charge is 0.326 e. The van der Waals surface area contributed by atoms with Crippen molar-refractivity contribution < 1.29 is 22.4 Å². The molecule has 0 aromatic heterocycles. The van der Waals surface area contributed by atoms with Crippen LogP contribution in [0.1, 0.15) is 24.0 Å². The fraction of sp³-hybridized carbons (Fsp3) is 0.235.